The van der Waals surface area contributed by atoms with Crippen LogP contribution in [0.3, 0.4) is 0 Å². The summed E-state index contributed by atoms with van der Waals surface area (Å²) in [5.41, 5.74) is 0.374. The first-order valence-corrected chi connectivity index (χ1v) is 8.28. The third kappa shape index (κ3) is 3.78. The van der Waals surface area contributed by atoms with E-state index in [0.29, 0.717) is 12.1 Å². The highest BCUT2D eigenvalue weighted by molar-refractivity contribution is 7.89. The van der Waals surface area contributed by atoms with Crippen molar-refractivity contribution in [2.45, 2.75) is 17.4 Å². The normalized spacial score (nSPS) is 18.1. The fourth-order valence-corrected chi connectivity index (χ4v) is 3.79. The van der Waals surface area contributed by atoms with Crippen molar-refractivity contribution < 1.29 is 13.2 Å². The van der Waals surface area contributed by atoms with E-state index >= 15 is 0 Å². The second-order valence-corrected chi connectivity index (χ2v) is 7.39. The first-order valence-electron chi connectivity index (χ1n) is 6.84. The van der Waals surface area contributed by atoms with Gasteiger partial charge >= 0.3 is 0 Å². The van der Waals surface area contributed by atoms with Gasteiger partial charge in [0.15, 0.2) is 0 Å². The molecule has 0 saturated carbocycles. The lowest BCUT2D eigenvalue weighted by molar-refractivity contribution is 0.0827. The first-order chi connectivity index (χ1) is 9.84. The summed E-state index contributed by atoms with van der Waals surface area (Å²) < 4.78 is 26.7. The van der Waals surface area contributed by atoms with Crippen LogP contribution in [0.15, 0.2) is 29.2 Å². The maximum Gasteiger partial charge on any atom is 0.253 e. The molecule has 1 heterocycles. The Balaban J connectivity index is 0.00000242. The molecule has 1 fully saturated rings. The highest BCUT2D eigenvalue weighted by Gasteiger charge is 2.30. The van der Waals surface area contributed by atoms with Crippen molar-refractivity contribution >= 4 is 28.3 Å². The summed E-state index contributed by atoms with van der Waals surface area (Å²) in [5.74, 6) is -0.211. The van der Waals surface area contributed by atoms with Crippen LogP contribution in [-0.4, -0.2) is 63.8 Å². The lowest BCUT2D eigenvalue weighted by Crippen LogP contribution is -2.38. The Kier molecular flexibility index (Phi) is 6.37. The van der Waals surface area contributed by atoms with Gasteiger partial charge in [-0.3, -0.25) is 4.79 Å². The van der Waals surface area contributed by atoms with Crippen molar-refractivity contribution in [2.24, 2.45) is 0 Å². The molecule has 22 heavy (non-hydrogen) atoms. The number of rotatable bonds is 4. The molecule has 1 N–H and O–H groups in total. The van der Waals surface area contributed by atoms with Crippen LogP contribution < -0.4 is 5.32 Å². The molecule has 124 valence electrons. The number of amides is 1. The summed E-state index contributed by atoms with van der Waals surface area (Å²) in [7, 11) is 1.29. The van der Waals surface area contributed by atoms with E-state index in [1.165, 1.54) is 21.3 Å². The maximum absolute atomic E-state index is 12.6. The van der Waals surface area contributed by atoms with Crippen LogP contribution in [0.5, 0.6) is 0 Å². The Morgan fingerprint density at radius 1 is 1.27 bits per heavy atom. The molecule has 0 aliphatic carbocycles. The fraction of sp³-hybridized carbons (Fsp3) is 0.500. The van der Waals surface area contributed by atoms with Gasteiger partial charge in [0.2, 0.25) is 10.0 Å². The topological polar surface area (TPSA) is 69.7 Å². The molecule has 1 aliphatic heterocycles. The molecule has 0 aromatic heterocycles. The summed E-state index contributed by atoms with van der Waals surface area (Å²) in [5, 5.41) is 3.15. The van der Waals surface area contributed by atoms with Crippen LogP contribution in [-0.2, 0) is 10.0 Å². The predicted octanol–water partition coefficient (Wildman–Crippen LogP) is 0.793. The number of likely N-dealkylation sites (N-methyl/N-ethyl adjacent to an activating group) is 1. The van der Waals surface area contributed by atoms with Gasteiger partial charge in [-0.2, -0.15) is 4.31 Å². The zero-order valence-electron chi connectivity index (χ0n) is 12.9. The smallest absolute Gasteiger partial charge is 0.253 e. The van der Waals surface area contributed by atoms with Crippen LogP contribution in [0.2, 0.25) is 0 Å². The SMILES string of the molecule is CN(C)C(=O)c1cccc(S(=O)(=O)N(C)C2CCNC2)c1.Cl. The molecule has 2 rings (SSSR count). The van der Waals surface area contributed by atoms with Crippen LogP contribution >= 0.6 is 12.4 Å². The number of carbonyl (C=O) groups is 1. The Hall–Kier alpha value is -1.15. The van der Waals surface area contributed by atoms with Crippen molar-refractivity contribution in [3.63, 3.8) is 0 Å². The molecule has 8 heteroatoms. The molecule has 6 nitrogen and oxygen atoms in total. The second-order valence-electron chi connectivity index (χ2n) is 5.40. The zero-order valence-corrected chi connectivity index (χ0v) is 14.6. The summed E-state index contributed by atoms with van der Waals surface area (Å²) in [4.78, 5) is 13.5. The molecular weight excluding hydrogens is 326 g/mol. The molecule has 1 amide bonds. The van der Waals surface area contributed by atoms with E-state index in [0.717, 1.165) is 13.0 Å². The third-order valence-corrected chi connectivity index (χ3v) is 5.62. The van der Waals surface area contributed by atoms with E-state index in [9.17, 15) is 13.2 Å². The van der Waals surface area contributed by atoms with E-state index in [1.807, 2.05) is 0 Å². The number of hydrogen-bond acceptors (Lipinski definition) is 4. The van der Waals surface area contributed by atoms with Gasteiger partial charge in [-0.1, -0.05) is 6.07 Å². The lowest BCUT2D eigenvalue weighted by Gasteiger charge is -2.23. The second kappa shape index (κ2) is 7.41. The fourth-order valence-electron chi connectivity index (χ4n) is 2.36. The molecular formula is C14H22ClN3O3S. The molecule has 0 spiro atoms. The number of nitrogens with one attached hydrogen (secondary N) is 1. The highest BCUT2D eigenvalue weighted by atomic mass is 35.5. The number of halogens is 1. The van der Waals surface area contributed by atoms with E-state index < -0.39 is 10.0 Å². The van der Waals surface area contributed by atoms with Crippen LogP contribution in [0.4, 0.5) is 0 Å². The molecule has 1 aromatic carbocycles. The van der Waals surface area contributed by atoms with E-state index in [4.69, 9.17) is 0 Å². The monoisotopic (exact) mass is 347 g/mol. The van der Waals surface area contributed by atoms with Gasteiger partial charge in [0.05, 0.1) is 4.90 Å². The van der Waals surface area contributed by atoms with Crippen LogP contribution in [0.1, 0.15) is 16.8 Å². The average molecular weight is 348 g/mol. The summed E-state index contributed by atoms with van der Waals surface area (Å²) >= 11 is 0. The molecule has 0 bridgehead atoms. The molecule has 0 radical (unpaired) electrons. The Morgan fingerprint density at radius 2 is 1.95 bits per heavy atom. The number of carbonyl (C=O) groups excluding carboxylic acids is 1. The van der Waals surface area contributed by atoms with Crippen LogP contribution in [0, 0.1) is 0 Å². The largest absolute Gasteiger partial charge is 0.345 e. The molecule has 1 saturated heterocycles. The molecule has 1 aliphatic rings. The minimum absolute atomic E-state index is 0. The summed E-state index contributed by atoms with van der Waals surface area (Å²) in [6.07, 6.45) is 0.798. The van der Waals surface area contributed by atoms with Crippen molar-refractivity contribution in [3.05, 3.63) is 29.8 Å². The summed E-state index contributed by atoms with van der Waals surface area (Å²) in [6.45, 7) is 1.48. The minimum Gasteiger partial charge on any atom is -0.345 e. The number of hydrogen-bond donors (Lipinski definition) is 1. The predicted molar refractivity (Wildman–Crippen MR) is 87.9 cm³/mol. The van der Waals surface area contributed by atoms with E-state index in [-0.39, 0.29) is 29.3 Å². The quantitative estimate of drug-likeness (QED) is 0.874. The molecule has 1 atom stereocenters. The Morgan fingerprint density at radius 3 is 2.50 bits per heavy atom. The van der Waals surface area contributed by atoms with Gasteiger partial charge in [-0.25, -0.2) is 8.42 Å². The van der Waals surface area contributed by atoms with Crippen LogP contribution in [0.25, 0.3) is 0 Å². The van der Waals surface area contributed by atoms with E-state index in [2.05, 4.69) is 5.32 Å². The van der Waals surface area contributed by atoms with Crippen molar-refractivity contribution in [1.29, 1.82) is 0 Å². The highest BCUT2D eigenvalue weighted by Crippen LogP contribution is 2.20. The van der Waals surface area contributed by atoms with Crippen molar-refractivity contribution in [2.75, 3.05) is 34.2 Å². The number of nitrogens with zero attached hydrogens (tertiary/aromatic N) is 2. The van der Waals surface area contributed by atoms with Crippen molar-refractivity contribution in [3.8, 4) is 0 Å². The van der Waals surface area contributed by atoms with Gasteiger partial charge in [0.1, 0.15) is 0 Å². The Bertz CT molecular complexity index is 628. The molecule has 1 aromatic rings. The molecule has 1 unspecified atom stereocenters. The summed E-state index contributed by atoms with van der Waals surface area (Å²) in [6, 6.07) is 6.16. The van der Waals surface area contributed by atoms with Crippen molar-refractivity contribution in [1.82, 2.24) is 14.5 Å². The lowest BCUT2D eigenvalue weighted by atomic mass is 10.2. The maximum atomic E-state index is 12.6. The average Bonchev–Trinajstić information content (AvgIpc) is 2.99. The minimum atomic E-state index is -3.58. The van der Waals surface area contributed by atoms with Gasteiger partial charge < -0.3 is 10.2 Å². The van der Waals surface area contributed by atoms with Gasteiger partial charge in [0.25, 0.3) is 5.91 Å². The number of sulfonamides is 1. The van der Waals surface area contributed by atoms with E-state index in [1.54, 1.807) is 33.3 Å². The van der Waals surface area contributed by atoms with Gasteiger partial charge in [0, 0.05) is 39.3 Å². The first kappa shape index (κ1) is 18.9. The van der Waals surface area contributed by atoms with Gasteiger partial charge in [-0.15, -0.1) is 12.4 Å². The van der Waals surface area contributed by atoms with Gasteiger partial charge in [-0.05, 0) is 31.2 Å². The Labute approximate surface area is 137 Å². The zero-order chi connectivity index (χ0) is 15.6. The standard InChI is InChI=1S/C14H21N3O3S.ClH/c1-16(2)14(18)11-5-4-6-13(9-11)21(19,20)17(3)12-7-8-15-10-12;/h4-6,9,12,15H,7-8,10H2,1-3H3;1H. The third-order valence-electron chi connectivity index (χ3n) is 3.71. The number of benzene rings is 1.